The summed E-state index contributed by atoms with van der Waals surface area (Å²) in [6.45, 7) is 6.85. The van der Waals surface area contributed by atoms with Crippen LogP contribution in [0.3, 0.4) is 0 Å². The summed E-state index contributed by atoms with van der Waals surface area (Å²) in [6.07, 6.45) is 7.30. The van der Waals surface area contributed by atoms with E-state index >= 15 is 0 Å². The van der Waals surface area contributed by atoms with Crippen LogP contribution < -0.4 is 0 Å². The van der Waals surface area contributed by atoms with E-state index in [1.807, 2.05) is 18.5 Å². The maximum atomic E-state index is 10.0. The van der Waals surface area contributed by atoms with E-state index in [2.05, 4.69) is 51.2 Å². The average Bonchev–Trinajstić information content (AvgIpc) is 3.07. The second-order valence-electron chi connectivity index (χ2n) is 8.35. The largest absolute Gasteiger partial charge is 0.396 e. The normalized spacial score (nSPS) is 23.1. The molecule has 4 rings (SSSR count). The van der Waals surface area contributed by atoms with Gasteiger partial charge in [-0.2, -0.15) is 0 Å². The zero-order chi connectivity index (χ0) is 18.5. The van der Waals surface area contributed by atoms with Gasteiger partial charge in [0.25, 0.3) is 0 Å². The third kappa shape index (κ3) is 4.40. The minimum absolute atomic E-state index is 0.302. The number of aliphatic hydroxyl groups excluding tert-OH is 1. The number of aliphatic hydroxyl groups is 1. The van der Waals surface area contributed by atoms with Crippen molar-refractivity contribution in [3.05, 3.63) is 66.0 Å². The smallest absolute Gasteiger partial charge is 0.0477 e. The molecule has 4 heteroatoms. The molecule has 2 fully saturated rings. The molecule has 27 heavy (non-hydrogen) atoms. The monoisotopic (exact) mass is 365 g/mol. The minimum atomic E-state index is 0.302. The van der Waals surface area contributed by atoms with Gasteiger partial charge in [-0.15, -0.1) is 0 Å². The van der Waals surface area contributed by atoms with Crippen molar-refractivity contribution >= 4 is 0 Å². The van der Waals surface area contributed by atoms with Crippen LogP contribution in [0.5, 0.6) is 0 Å². The van der Waals surface area contributed by atoms with E-state index in [0.717, 1.165) is 45.7 Å². The summed E-state index contributed by atoms with van der Waals surface area (Å²) in [7, 11) is 0. The second kappa shape index (κ2) is 8.51. The van der Waals surface area contributed by atoms with Crippen LogP contribution >= 0.6 is 0 Å². The van der Waals surface area contributed by atoms with Crippen molar-refractivity contribution in [3.8, 4) is 0 Å². The van der Waals surface area contributed by atoms with Crippen LogP contribution in [0.2, 0.25) is 0 Å². The summed E-state index contributed by atoms with van der Waals surface area (Å²) in [6, 6.07) is 14.9. The van der Waals surface area contributed by atoms with Gasteiger partial charge in [0, 0.05) is 51.1 Å². The fraction of sp³-hybridized carbons (Fsp3) is 0.522. The molecule has 2 saturated heterocycles. The molecule has 1 aromatic carbocycles. The van der Waals surface area contributed by atoms with Crippen LogP contribution in [0, 0.1) is 11.3 Å². The number of hydrogen-bond acceptors (Lipinski definition) is 4. The Morgan fingerprint density at radius 2 is 1.78 bits per heavy atom. The number of aromatic nitrogens is 1. The van der Waals surface area contributed by atoms with E-state index < -0.39 is 0 Å². The van der Waals surface area contributed by atoms with E-state index in [1.54, 1.807) is 0 Å². The molecule has 0 amide bonds. The molecule has 0 radical (unpaired) electrons. The first-order valence-corrected chi connectivity index (χ1v) is 10.3. The van der Waals surface area contributed by atoms with Crippen molar-refractivity contribution in [1.29, 1.82) is 0 Å². The molecular weight excluding hydrogens is 334 g/mol. The lowest BCUT2D eigenvalue weighted by molar-refractivity contribution is 0.0483. The number of nitrogens with zero attached hydrogens (tertiary/aromatic N) is 3. The molecule has 0 aliphatic carbocycles. The van der Waals surface area contributed by atoms with Crippen LogP contribution in [0.4, 0.5) is 0 Å². The van der Waals surface area contributed by atoms with Gasteiger partial charge in [-0.05, 0) is 55.0 Å². The molecule has 2 aromatic rings. The molecule has 1 aromatic heterocycles. The molecule has 0 saturated carbocycles. The molecule has 0 bridgehead atoms. The van der Waals surface area contributed by atoms with E-state index in [4.69, 9.17) is 0 Å². The van der Waals surface area contributed by atoms with Gasteiger partial charge in [0.1, 0.15) is 0 Å². The zero-order valence-corrected chi connectivity index (χ0v) is 16.1. The predicted octanol–water partition coefficient (Wildman–Crippen LogP) is 2.83. The van der Waals surface area contributed by atoms with Crippen LogP contribution in [0.1, 0.15) is 24.0 Å². The maximum absolute atomic E-state index is 10.0. The van der Waals surface area contributed by atoms with E-state index in [9.17, 15) is 5.11 Å². The van der Waals surface area contributed by atoms with Gasteiger partial charge in [-0.3, -0.25) is 9.88 Å². The summed E-state index contributed by atoms with van der Waals surface area (Å²) < 4.78 is 0. The van der Waals surface area contributed by atoms with Crippen molar-refractivity contribution < 1.29 is 5.11 Å². The van der Waals surface area contributed by atoms with Gasteiger partial charge in [0.15, 0.2) is 0 Å². The molecule has 1 unspecified atom stereocenters. The number of likely N-dealkylation sites (tertiary alicyclic amines) is 2. The zero-order valence-electron chi connectivity index (χ0n) is 16.1. The Morgan fingerprint density at radius 1 is 1.00 bits per heavy atom. The highest BCUT2D eigenvalue weighted by Gasteiger charge is 2.47. The van der Waals surface area contributed by atoms with E-state index in [0.29, 0.717) is 17.9 Å². The fourth-order valence-electron chi connectivity index (χ4n) is 4.97. The lowest BCUT2D eigenvalue weighted by atomic mass is 9.71. The summed E-state index contributed by atoms with van der Waals surface area (Å²) in [5.74, 6) is 0.425. The SMILES string of the molecule is OCC1CN(CCc2ccccc2)CC12CCN(Cc1cccnc1)CC2. The first-order chi connectivity index (χ1) is 13.3. The van der Waals surface area contributed by atoms with Crippen molar-refractivity contribution in [1.82, 2.24) is 14.8 Å². The molecule has 1 N–H and O–H groups in total. The van der Waals surface area contributed by atoms with Gasteiger partial charge < -0.3 is 10.0 Å². The molecule has 144 valence electrons. The highest BCUT2D eigenvalue weighted by Crippen LogP contribution is 2.44. The number of pyridine rings is 1. The van der Waals surface area contributed by atoms with Gasteiger partial charge in [-0.1, -0.05) is 36.4 Å². The lowest BCUT2D eigenvalue weighted by Crippen LogP contribution is -2.44. The summed E-state index contributed by atoms with van der Waals surface area (Å²) in [5.41, 5.74) is 3.00. The summed E-state index contributed by atoms with van der Waals surface area (Å²) >= 11 is 0. The summed E-state index contributed by atoms with van der Waals surface area (Å²) in [4.78, 5) is 9.37. The molecule has 2 aliphatic heterocycles. The highest BCUT2D eigenvalue weighted by atomic mass is 16.3. The number of benzene rings is 1. The van der Waals surface area contributed by atoms with Crippen molar-refractivity contribution in [3.63, 3.8) is 0 Å². The van der Waals surface area contributed by atoms with Gasteiger partial charge in [0.2, 0.25) is 0 Å². The Balaban J connectivity index is 1.32. The predicted molar refractivity (Wildman–Crippen MR) is 108 cm³/mol. The first kappa shape index (κ1) is 18.6. The van der Waals surface area contributed by atoms with Crippen molar-refractivity contribution in [2.45, 2.75) is 25.8 Å². The Hall–Kier alpha value is -1.75. The van der Waals surface area contributed by atoms with E-state index in [-0.39, 0.29) is 0 Å². The molecule has 1 atom stereocenters. The van der Waals surface area contributed by atoms with Gasteiger partial charge in [0.05, 0.1) is 0 Å². The Morgan fingerprint density at radius 3 is 2.48 bits per heavy atom. The lowest BCUT2D eigenvalue weighted by Gasteiger charge is -2.42. The van der Waals surface area contributed by atoms with Crippen molar-refractivity contribution in [2.75, 3.05) is 39.3 Å². The van der Waals surface area contributed by atoms with Crippen LogP contribution in [-0.2, 0) is 13.0 Å². The fourth-order valence-corrected chi connectivity index (χ4v) is 4.97. The maximum Gasteiger partial charge on any atom is 0.0477 e. The summed E-state index contributed by atoms with van der Waals surface area (Å²) in [5, 5.41) is 10.0. The van der Waals surface area contributed by atoms with Gasteiger partial charge in [-0.25, -0.2) is 0 Å². The van der Waals surface area contributed by atoms with Crippen LogP contribution in [0.15, 0.2) is 54.9 Å². The molecule has 2 aliphatic rings. The Kier molecular flexibility index (Phi) is 5.86. The quantitative estimate of drug-likeness (QED) is 0.854. The number of hydrogen-bond donors (Lipinski definition) is 1. The minimum Gasteiger partial charge on any atom is -0.396 e. The molecule has 4 nitrogen and oxygen atoms in total. The molecule has 1 spiro atoms. The third-order valence-corrected chi connectivity index (χ3v) is 6.64. The number of piperidine rings is 1. The number of rotatable bonds is 6. The van der Waals surface area contributed by atoms with Crippen LogP contribution in [-0.4, -0.2) is 59.2 Å². The van der Waals surface area contributed by atoms with Gasteiger partial charge >= 0.3 is 0 Å². The molecule has 3 heterocycles. The Bertz CT molecular complexity index is 698. The average molecular weight is 366 g/mol. The third-order valence-electron chi connectivity index (χ3n) is 6.64. The van der Waals surface area contributed by atoms with E-state index in [1.165, 1.54) is 24.0 Å². The highest BCUT2D eigenvalue weighted by molar-refractivity contribution is 5.15. The first-order valence-electron chi connectivity index (χ1n) is 10.3. The standard InChI is InChI=1S/C23H31N3O/c27-18-22-17-26(12-8-20-5-2-1-3-6-20)19-23(22)9-13-25(14-10-23)16-21-7-4-11-24-15-21/h1-7,11,15,22,27H,8-10,12-14,16-19H2. The molecular formula is C23H31N3O. The topological polar surface area (TPSA) is 39.6 Å². The van der Waals surface area contributed by atoms with Crippen molar-refractivity contribution in [2.24, 2.45) is 11.3 Å². The second-order valence-corrected chi connectivity index (χ2v) is 8.35. The van der Waals surface area contributed by atoms with Crippen LogP contribution in [0.25, 0.3) is 0 Å². The Labute approximate surface area is 162 Å².